The highest BCUT2D eigenvalue weighted by molar-refractivity contribution is 7.89. The van der Waals surface area contributed by atoms with Crippen LogP contribution in [0.4, 0.5) is 0 Å². The van der Waals surface area contributed by atoms with Gasteiger partial charge in [0.25, 0.3) is 5.91 Å². The maximum Gasteiger partial charge on any atom is 0.254 e. The number of amides is 1. The highest BCUT2D eigenvalue weighted by Crippen LogP contribution is 2.29. The largest absolute Gasteiger partial charge is 0.378 e. The summed E-state index contributed by atoms with van der Waals surface area (Å²) in [4.78, 5) is 14.6. The highest BCUT2D eigenvalue weighted by Gasteiger charge is 2.40. The lowest BCUT2D eigenvalue weighted by atomic mass is 9.94. The van der Waals surface area contributed by atoms with Crippen LogP contribution < -0.4 is 5.32 Å². The van der Waals surface area contributed by atoms with Gasteiger partial charge in [-0.2, -0.15) is 4.31 Å². The second-order valence-electron chi connectivity index (χ2n) is 7.22. The number of ether oxygens (including phenoxy) is 1. The molecule has 0 spiro atoms. The lowest BCUT2D eigenvalue weighted by Gasteiger charge is -2.27. The van der Waals surface area contributed by atoms with Crippen LogP contribution in [0.3, 0.4) is 0 Å². The molecule has 3 aliphatic heterocycles. The first kappa shape index (κ1) is 17.9. The third-order valence-electron chi connectivity index (χ3n) is 5.58. The molecule has 0 aliphatic carbocycles. The van der Waals surface area contributed by atoms with Crippen molar-refractivity contribution in [2.24, 2.45) is 5.92 Å². The number of hydrogen-bond donors (Lipinski definition) is 1. The lowest BCUT2D eigenvalue weighted by Crippen LogP contribution is -2.41. The predicted molar refractivity (Wildman–Crippen MR) is 96.4 cm³/mol. The smallest absolute Gasteiger partial charge is 0.254 e. The van der Waals surface area contributed by atoms with E-state index in [1.165, 1.54) is 6.07 Å². The van der Waals surface area contributed by atoms with Crippen LogP contribution >= 0.6 is 0 Å². The number of hydrogen-bond acceptors (Lipinski definition) is 5. The fraction of sp³-hybridized carbons (Fsp3) is 0.611. The van der Waals surface area contributed by atoms with Gasteiger partial charge in [-0.15, -0.1) is 0 Å². The third-order valence-corrected chi connectivity index (χ3v) is 7.41. The first-order valence-corrected chi connectivity index (χ1v) is 10.7. The first-order valence-electron chi connectivity index (χ1n) is 9.26. The molecule has 4 rings (SSSR count). The highest BCUT2D eigenvalue weighted by atomic mass is 32.2. The molecular weight excluding hydrogens is 354 g/mol. The van der Waals surface area contributed by atoms with Crippen molar-refractivity contribution in [2.45, 2.75) is 23.8 Å². The van der Waals surface area contributed by atoms with Gasteiger partial charge in [0.05, 0.1) is 18.1 Å². The van der Waals surface area contributed by atoms with Crippen molar-refractivity contribution in [3.05, 3.63) is 29.8 Å². The normalized spacial score (nSPS) is 27.3. The molecule has 1 N–H and O–H groups in total. The zero-order valence-corrected chi connectivity index (χ0v) is 15.6. The molecule has 1 amide bonds. The van der Waals surface area contributed by atoms with Gasteiger partial charge in [-0.3, -0.25) is 4.79 Å². The average molecular weight is 379 g/mol. The minimum Gasteiger partial charge on any atom is -0.378 e. The van der Waals surface area contributed by atoms with Crippen LogP contribution in [0.25, 0.3) is 0 Å². The molecular formula is C18H25N3O4S. The maximum atomic E-state index is 13.1. The number of carbonyl (C=O) groups excluding carboxylic acids is 1. The van der Waals surface area contributed by atoms with Gasteiger partial charge in [-0.25, -0.2) is 8.42 Å². The molecule has 3 saturated heterocycles. The Morgan fingerprint density at radius 3 is 2.77 bits per heavy atom. The first-order chi connectivity index (χ1) is 12.6. The Balaban J connectivity index is 1.54. The SMILES string of the molecule is O=C(c1cccc(S(=O)(=O)N2CC3CCCNC3C2)c1)N1CCOCC1. The van der Waals surface area contributed by atoms with Gasteiger partial charge in [-0.1, -0.05) is 6.07 Å². The second kappa shape index (κ2) is 7.26. The summed E-state index contributed by atoms with van der Waals surface area (Å²) in [6, 6.07) is 6.68. The number of nitrogens with one attached hydrogen (secondary N) is 1. The fourth-order valence-electron chi connectivity index (χ4n) is 4.09. The molecule has 142 valence electrons. The van der Waals surface area contributed by atoms with Crippen LogP contribution in [0.5, 0.6) is 0 Å². The molecule has 7 nitrogen and oxygen atoms in total. The zero-order chi connectivity index (χ0) is 18.1. The second-order valence-corrected chi connectivity index (χ2v) is 9.16. The minimum absolute atomic E-state index is 0.137. The van der Waals surface area contributed by atoms with E-state index >= 15 is 0 Å². The molecule has 1 aromatic carbocycles. The molecule has 0 bridgehead atoms. The van der Waals surface area contributed by atoms with Crippen LogP contribution in [0.1, 0.15) is 23.2 Å². The van der Waals surface area contributed by atoms with Crippen molar-refractivity contribution < 1.29 is 17.9 Å². The number of rotatable bonds is 3. The van der Waals surface area contributed by atoms with Crippen molar-refractivity contribution in [2.75, 3.05) is 45.9 Å². The van der Waals surface area contributed by atoms with E-state index < -0.39 is 10.0 Å². The monoisotopic (exact) mass is 379 g/mol. The van der Waals surface area contributed by atoms with Crippen molar-refractivity contribution in [3.63, 3.8) is 0 Å². The average Bonchev–Trinajstić information content (AvgIpc) is 3.13. The molecule has 0 radical (unpaired) electrons. The number of morpholine rings is 1. The molecule has 2 atom stereocenters. The number of fused-ring (bicyclic) bond motifs is 1. The number of nitrogens with zero attached hydrogens (tertiary/aromatic N) is 2. The predicted octanol–water partition coefficient (Wildman–Crippen LogP) is 0.532. The summed E-state index contributed by atoms with van der Waals surface area (Å²) in [7, 11) is -3.59. The van der Waals surface area contributed by atoms with Crippen LogP contribution in [-0.4, -0.2) is 75.5 Å². The van der Waals surface area contributed by atoms with Crippen molar-refractivity contribution >= 4 is 15.9 Å². The van der Waals surface area contributed by atoms with Crippen LogP contribution in [-0.2, 0) is 14.8 Å². The third kappa shape index (κ3) is 3.38. The molecule has 0 saturated carbocycles. The van der Waals surface area contributed by atoms with Crippen LogP contribution in [0.2, 0.25) is 0 Å². The molecule has 3 heterocycles. The molecule has 1 aromatic rings. The molecule has 8 heteroatoms. The standard InChI is InChI=1S/C18H25N3O4S/c22-18(20-7-9-25-10-8-20)14-3-1-5-16(11-14)26(23,24)21-12-15-4-2-6-19-17(15)13-21/h1,3,5,11,15,17,19H,2,4,6-10,12-13H2. The van der Waals surface area contributed by atoms with E-state index in [9.17, 15) is 13.2 Å². The molecule has 3 fully saturated rings. The van der Waals surface area contributed by atoms with E-state index in [-0.39, 0.29) is 16.8 Å². The van der Waals surface area contributed by atoms with Crippen LogP contribution in [0, 0.1) is 5.92 Å². The summed E-state index contributed by atoms with van der Waals surface area (Å²) in [5, 5.41) is 3.43. The van der Waals surface area contributed by atoms with E-state index in [0.717, 1.165) is 19.4 Å². The van der Waals surface area contributed by atoms with Gasteiger partial charge in [0.15, 0.2) is 0 Å². The van der Waals surface area contributed by atoms with E-state index in [1.54, 1.807) is 27.4 Å². The van der Waals surface area contributed by atoms with Crippen molar-refractivity contribution in [1.29, 1.82) is 0 Å². The Hall–Kier alpha value is -1.48. The summed E-state index contributed by atoms with van der Waals surface area (Å²) in [5.41, 5.74) is 0.419. The van der Waals surface area contributed by atoms with E-state index in [4.69, 9.17) is 4.74 Å². The van der Waals surface area contributed by atoms with E-state index in [1.807, 2.05) is 0 Å². The summed E-state index contributed by atoms with van der Waals surface area (Å²) in [6.07, 6.45) is 2.16. The zero-order valence-electron chi connectivity index (χ0n) is 14.8. The molecule has 2 unspecified atom stereocenters. The summed E-state index contributed by atoms with van der Waals surface area (Å²) < 4.78 is 33.0. The fourth-order valence-corrected chi connectivity index (χ4v) is 5.66. The minimum atomic E-state index is -3.59. The number of sulfonamides is 1. The van der Waals surface area contributed by atoms with Crippen LogP contribution in [0.15, 0.2) is 29.2 Å². The molecule has 3 aliphatic rings. The quantitative estimate of drug-likeness (QED) is 0.829. The Morgan fingerprint density at radius 2 is 2.00 bits per heavy atom. The molecule has 26 heavy (non-hydrogen) atoms. The number of piperidine rings is 1. The van der Waals surface area contributed by atoms with E-state index in [2.05, 4.69) is 5.32 Å². The maximum absolute atomic E-state index is 13.1. The van der Waals surface area contributed by atoms with E-state index in [0.29, 0.717) is 50.9 Å². The summed E-state index contributed by atoms with van der Waals surface area (Å²) in [5.74, 6) is 0.249. The van der Waals surface area contributed by atoms with Gasteiger partial charge < -0.3 is 15.0 Å². The summed E-state index contributed by atoms with van der Waals surface area (Å²) in [6.45, 7) is 4.14. The van der Waals surface area contributed by atoms with Crippen molar-refractivity contribution in [3.8, 4) is 0 Å². The Labute approximate surface area is 154 Å². The lowest BCUT2D eigenvalue weighted by molar-refractivity contribution is 0.0302. The summed E-state index contributed by atoms with van der Waals surface area (Å²) >= 11 is 0. The van der Waals surface area contributed by atoms with Gasteiger partial charge in [0.1, 0.15) is 0 Å². The number of benzene rings is 1. The van der Waals surface area contributed by atoms with Gasteiger partial charge in [0, 0.05) is 37.8 Å². The van der Waals surface area contributed by atoms with Crippen molar-refractivity contribution in [1.82, 2.24) is 14.5 Å². The van der Waals surface area contributed by atoms with Gasteiger partial charge in [-0.05, 0) is 43.5 Å². The Kier molecular flexibility index (Phi) is 5.00. The number of carbonyl (C=O) groups is 1. The van der Waals surface area contributed by atoms with Gasteiger partial charge >= 0.3 is 0 Å². The van der Waals surface area contributed by atoms with Gasteiger partial charge in [0.2, 0.25) is 10.0 Å². The Morgan fingerprint density at radius 1 is 1.19 bits per heavy atom. The Bertz CT molecular complexity index is 762. The molecule has 0 aromatic heterocycles. The topological polar surface area (TPSA) is 79.0 Å².